The highest BCUT2D eigenvalue weighted by molar-refractivity contribution is 6.03. The Hall–Kier alpha value is -3.75. The Kier molecular flexibility index (Phi) is 4.94. The molecule has 29 heavy (non-hydrogen) atoms. The molecule has 1 N–H and O–H groups in total. The lowest BCUT2D eigenvalue weighted by Crippen LogP contribution is -2.19. The number of amides is 1. The normalized spacial score (nSPS) is 13.5. The van der Waals surface area contributed by atoms with Crippen LogP contribution < -0.4 is 10.2 Å². The lowest BCUT2D eigenvalue weighted by Gasteiger charge is -2.18. The van der Waals surface area contributed by atoms with Crippen LogP contribution in [0.4, 0.5) is 21.5 Å². The van der Waals surface area contributed by atoms with Gasteiger partial charge in [0.15, 0.2) is 5.69 Å². The molecule has 1 aliphatic rings. The molecule has 0 aliphatic carbocycles. The zero-order chi connectivity index (χ0) is 20.4. The van der Waals surface area contributed by atoms with Gasteiger partial charge < -0.3 is 10.2 Å². The number of nitro benzene ring substituents is 1. The Balaban J connectivity index is 1.50. The summed E-state index contributed by atoms with van der Waals surface area (Å²) in [5.74, 6) is -0.884. The molecule has 0 unspecified atom stereocenters. The zero-order valence-electron chi connectivity index (χ0n) is 15.4. The predicted octanol–water partition coefficient (Wildman–Crippen LogP) is 3.77. The van der Waals surface area contributed by atoms with E-state index in [1.807, 2.05) is 0 Å². The van der Waals surface area contributed by atoms with Crippen LogP contribution in [0.25, 0.3) is 5.69 Å². The molecule has 1 amide bonds. The van der Waals surface area contributed by atoms with Gasteiger partial charge in [0.1, 0.15) is 5.82 Å². The number of aromatic nitrogens is 2. The molecule has 1 fully saturated rings. The van der Waals surface area contributed by atoms with Gasteiger partial charge in [0.25, 0.3) is 11.6 Å². The second-order valence-electron chi connectivity index (χ2n) is 6.77. The minimum Gasteiger partial charge on any atom is -0.371 e. The molecule has 1 aromatic heterocycles. The summed E-state index contributed by atoms with van der Waals surface area (Å²) in [5, 5.41) is 17.6. The molecule has 0 saturated carbocycles. The number of carbonyl (C=O) groups is 1. The highest BCUT2D eigenvalue weighted by atomic mass is 19.1. The van der Waals surface area contributed by atoms with Crippen molar-refractivity contribution in [1.82, 2.24) is 9.78 Å². The second kappa shape index (κ2) is 7.70. The lowest BCUT2D eigenvalue weighted by molar-refractivity contribution is -0.384. The molecule has 0 spiro atoms. The molecule has 2 aromatic carbocycles. The summed E-state index contributed by atoms with van der Waals surface area (Å²) >= 11 is 0. The maximum absolute atomic E-state index is 14.0. The van der Waals surface area contributed by atoms with Crippen LogP contribution in [0.15, 0.2) is 54.7 Å². The number of halogens is 1. The van der Waals surface area contributed by atoms with Crippen LogP contribution in [-0.4, -0.2) is 33.7 Å². The molecule has 0 bridgehead atoms. The Morgan fingerprint density at radius 2 is 1.79 bits per heavy atom. The summed E-state index contributed by atoms with van der Waals surface area (Å²) in [6.07, 6.45) is 3.72. The Bertz CT molecular complexity index is 1060. The van der Waals surface area contributed by atoms with Crippen molar-refractivity contribution in [3.63, 3.8) is 0 Å². The SMILES string of the molecule is O=C(Nc1cc(F)cc(N2CCCC2)c1)c1ccn(-c2ccc([N+](=O)[O-])cc2)n1. The Morgan fingerprint density at radius 3 is 2.48 bits per heavy atom. The van der Waals surface area contributed by atoms with Crippen molar-refractivity contribution in [2.24, 2.45) is 0 Å². The van der Waals surface area contributed by atoms with Crippen molar-refractivity contribution in [3.8, 4) is 5.69 Å². The molecule has 2 heterocycles. The number of rotatable bonds is 5. The molecule has 0 atom stereocenters. The van der Waals surface area contributed by atoms with E-state index in [-0.39, 0.29) is 11.4 Å². The largest absolute Gasteiger partial charge is 0.371 e. The van der Waals surface area contributed by atoms with Gasteiger partial charge in [-0.15, -0.1) is 0 Å². The van der Waals surface area contributed by atoms with E-state index in [9.17, 15) is 19.3 Å². The molecule has 0 radical (unpaired) electrons. The van der Waals surface area contributed by atoms with E-state index in [1.165, 1.54) is 35.0 Å². The van der Waals surface area contributed by atoms with E-state index in [1.54, 1.807) is 24.4 Å². The molecule has 1 aliphatic heterocycles. The molecule has 9 heteroatoms. The van der Waals surface area contributed by atoms with E-state index < -0.39 is 16.6 Å². The lowest BCUT2D eigenvalue weighted by atomic mass is 10.2. The summed E-state index contributed by atoms with van der Waals surface area (Å²) in [4.78, 5) is 24.9. The van der Waals surface area contributed by atoms with E-state index in [4.69, 9.17) is 0 Å². The fraction of sp³-hybridized carbons (Fsp3) is 0.200. The van der Waals surface area contributed by atoms with Crippen molar-refractivity contribution in [2.75, 3.05) is 23.3 Å². The first kappa shape index (κ1) is 18.6. The number of nitrogens with one attached hydrogen (secondary N) is 1. The van der Waals surface area contributed by atoms with Gasteiger partial charge >= 0.3 is 0 Å². The van der Waals surface area contributed by atoms with Crippen LogP contribution in [0, 0.1) is 15.9 Å². The van der Waals surface area contributed by atoms with Gasteiger partial charge in [0.2, 0.25) is 0 Å². The van der Waals surface area contributed by atoms with Crippen LogP contribution in [0.2, 0.25) is 0 Å². The van der Waals surface area contributed by atoms with Gasteiger partial charge in [-0.05, 0) is 49.2 Å². The van der Waals surface area contributed by atoms with Crippen LogP contribution in [0.3, 0.4) is 0 Å². The monoisotopic (exact) mass is 395 g/mol. The van der Waals surface area contributed by atoms with Crippen LogP contribution in [0.5, 0.6) is 0 Å². The number of nitro groups is 1. The van der Waals surface area contributed by atoms with Gasteiger partial charge in [-0.25, -0.2) is 9.07 Å². The number of hydrogen-bond donors (Lipinski definition) is 1. The fourth-order valence-electron chi connectivity index (χ4n) is 3.32. The zero-order valence-corrected chi connectivity index (χ0v) is 15.4. The first-order valence-corrected chi connectivity index (χ1v) is 9.17. The first-order chi connectivity index (χ1) is 14.0. The van der Waals surface area contributed by atoms with Crippen molar-refractivity contribution < 1.29 is 14.1 Å². The first-order valence-electron chi connectivity index (χ1n) is 9.17. The third-order valence-electron chi connectivity index (χ3n) is 4.76. The molecule has 148 valence electrons. The molecule has 8 nitrogen and oxygen atoms in total. The highest BCUT2D eigenvalue weighted by Crippen LogP contribution is 2.25. The van der Waals surface area contributed by atoms with Crippen LogP contribution in [0.1, 0.15) is 23.3 Å². The Morgan fingerprint density at radius 1 is 1.07 bits per heavy atom. The summed E-state index contributed by atoms with van der Waals surface area (Å²) in [5.41, 5.74) is 1.81. The molecule has 4 rings (SSSR count). The number of benzene rings is 2. The molecule has 1 saturated heterocycles. The fourth-order valence-corrected chi connectivity index (χ4v) is 3.32. The van der Waals surface area contributed by atoms with Gasteiger partial charge in [-0.1, -0.05) is 0 Å². The summed E-state index contributed by atoms with van der Waals surface area (Å²) in [6, 6.07) is 11.8. The van der Waals surface area contributed by atoms with Gasteiger partial charge in [-0.2, -0.15) is 5.10 Å². The van der Waals surface area contributed by atoms with E-state index in [0.717, 1.165) is 31.6 Å². The second-order valence-corrected chi connectivity index (χ2v) is 6.77. The highest BCUT2D eigenvalue weighted by Gasteiger charge is 2.16. The third-order valence-corrected chi connectivity index (χ3v) is 4.76. The van der Waals surface area contributed by atoms with Gasteiger partial charge in [-0.3, -0.25) is 14.9 Å². The van der Waals surface area contributed by atoms with Crippen LogP contribution >= 0.6 is 0 Å². The van der Waals surface area contributed by atoms with Crippen LogP contribution in [-0.2, 0) is 0 Å². The Labute approximate surface area is 165 Å². The topological polar surface area (TPSA) is 93.3 Å². The quantitative estimate of drug-likeness (QED) is 0.524. The number of nitrogens with zero attached hydrogens (tertiary/aromatic N) is 4. The average molecular weight is 395 g/mol. The molecule has 3 aromatic rings. The minimum atomic E-state index is -0.485. The van der Waals surface area contributed by atoms with Crippen molar-refractivity contribution in [1.29, 1.82) is 0 Å². The van der Waals surface area contributed by atoms with Crippen molar-refractivity contribution in [2.45, 2.75) is 12.8 Å². The number of hydrogen-bond acceptors (Lipinski definition) is 5. The summed E-state index contributed by atoms with van der Waals surface area (Å²) in [6.45, 7) is 1.74. The average Bonchev–Trinajstić information content (AvgIpc) is 3.40. The maximum Gasteiger partial charge on any atom is 0.276 e. The standard InChI is InChI=1S/C20H18FN5O3/c21-14-11-15(13-18(12-14)24-8-1-2-9-24)22-20(27)19-7-10-25(23-19)16-3-5-17(6-4-16)26(28)29/h3-7,10-13H,1-2,8-9H2,(H,22,27). The molecular weight excluding hydrogens is 377 g/mol. The van der Waals surface area contributed by atoms with Gasteiger partial charge in [0.05, 0.1) is 10.6 Å². The molecular formula is C20H18FN5O3. The van der Waals surface area contributed by atoms with E-state index >= 15 is 0 Å². The summed E-state index contributed by atoms with van der Waals surface area (Å²) < 4.78 is 15.4. The van der Waals surface area contributed by atoms with E-state index in [0.29, 0.717) is 11.4 Å². The minimum absolute atomic E-state index is 0.0289. The number of anilines is 2. The smallest absolute Gasteiger partial charge is 0.276 e. The number of non-ortho nitro benzene ring substituents is 1. The predicted molar refractivity (Wildman–Crippen MR) is 106 cm³/mol. The number of carbonyl (C=O) groups excluding carboxylic acids is 1. The van der Waals surface area contributed by atoms with Crippen molar-refractivity contribution >= 4 is 23.0 Å². The van der Waals surface area contributed by atoms with Crippen molar-refractivity contribution in [3.05, 3.63) is 76.4 Å². The van der Waals surface area contributed by atoms with Gasteiger partial charge in [0, 0.05) is 42.8 Å². The third kappa shape index (κ3) is 4.08. The maximum atomic E-state index is 14.0. The summed E-state index contributed by atoms with van der Waals surface area (Å²) in [7, 11) is 0. The van der Waals surface area contributed by atoms with E-state index in [2.05, 4.69) is 15.3 Å².